The molecule has 5 N–H and O–H groups in total. The zero-order chi connectivity index (χ0) is 15.3. The number of nitrogens with one attached hydrogen (secondary N) is 1. The summed E-state index contributed by atoms with van der Waals surface area (Å²) >= 11 is 0. The largest absolute Gasteiger partial charge is 0.367 e. The van der Waals surface area contributed by atoms with Gasteiger partial charge in [-0.15, -0.1) is 0 Å². The molecular formula is C10H17N6O4P. The molecule has 2 aromatic rings. The molecule has 0 fully saturated rings. The van der Waals surface area contributed by atoms with Crippen molar-refractivity contribution in [1.29, 1.82) is 0 Å². The SMILES string of the molecule is NCCNc1ncnc2c1ncn2CCOCP(=O)(O)O. The maximum atomic E-state index is 10.7. The van der Waals surface area contributed by atoms with E-state index in [4.69, 9.17) is 20.3 Å². The molecule has 0 aliphatic heterocycles. The zero-order valence-corrected chi connectivity index (χ0v) is 12.1. The molecule has 0 bridgehead atoms. The lowest BCUT2D eigenvalue weighted by Crippen LogP contribution is -2.14. The Balaban J connectivity index is 2.03. The molecular weight excluding hydrogens is 299 g/mol. The lowest BCUT2D eigenvalue weighted by atomic mass is 10.4. The molecule has 2 rings (SSSR count). The van der Waals surface area contributed by atoms with Crippen LogP contribution in [0.5, 0.6) is 0 Å². The van der Waals surface area contributed by atoms with Crippen LogP contribution in [0.1, 0.15) is 0 Å². The zero-order valence-electron chi connectivity index (χ0n) is 11.2. The van der Waals surface area contributed by atoms with E-state index in [1.807, 2.05) is 0 Å². The first-order valence-corrected chi connectivity index (χ1v) is 8.03. The van der Waals surface area contributed by atoms with Crippen molar-refractivity contribution < 1.29 is 19.1 Å². The van der Waals surface area contributed by atoms with E-state index in [2.05, 4.69) is 20.3 Å². The third-order valence-electron chi connectivity index (χ3n) is 2.57. The van der Waals surface area contributed by atoms with Crippen LogP contribution < -0.4 is 11.1 Å². The molecule has 0 aliphatic carbocycles. The van der Waals surface area contributed by atoms with E-state index in [0.717, 1.165) is 0 Å². The summed E-state index contributed by atoms with van der Waals surface area (Å²) in [6.07, 6.45) is 2.39. The highest BCUT2D eigenvalue weighted by atomic mass is 31.2. The van der Waals surface area contributed by atoms with Crippen molar-refractivity contribution in [2.24, 2.45) is 5.73 Å². The summed E-state index contributed by atoms with van der Waals surface area (Å²) in [5.41, 5.74) is 6.66. The predicted octanol–water partition coefficient (Wildman–Crippen LogP) is -0.651. The van der Waals surface area contributed by atoms with E-state index in [-0.39, 0.29) is 6.61 Å². The highest BCUT2D eigenvalue weighted by Crippen LogP contribution is 2.33. The van der Waals surface area contributed by atoms with Gasteiger partial charge >= 0.3 is 7.60 Å². The van der Waals surface area contributed by atoms with Gasteiger partial charge in [0.1, 0.15) is 18.2 Å². The number of hydrogen-bond donors (Lipinski definition) is 4. The van der Waals surface area contributed by atoms with Gasteiger partial charge in [-0.2, -0.15) is 0 Å². The molecule has 2 aromatic heterocycles. The summed E-state index contributed by atoms with van der Waals surface area (Å²) in [6, 6.07) is 0. The fraction of sp³-hybridized carbons (Fsp3) is 0.500. The van der Waals surface area contributed by atoms with Crippen LogP contribution in [0.4, 0.5) is 5.82 Å². The van der Waals surface area contributed by atoms with E-state index in [9.17, 15) is 4.57 Å². The van der Waals surface area contributed by atoms with E-state index >= 15 is 0 Å². The maximum absolute atomic E-state index is 10.7. The van der Waals surface area contributed by atoms with Gasteiger partial charge in [0.15, 0.2) is 11.5 Å². The Hall–Kier alpha value is -1.58. The van der Waals surface area contributed by atoms with Crippen LogP contribution in [-0.2, 0) is 15.8 Å². The van der Waals surface area contributed by atoms with Crippen LogP contribution in [0.3, 0.4) is 0 Å². The number of nitrogens with zero attached hydrogens (tertiary/aromatic N) is 4. The Morgan fingerprint density at radius 2 is 2.19 bits per heavy atom. The van der Waals surface area contributed by atoms with Crippen molar-refractivity contribution in [3.05, 3.63) is 12.7 Å². The highest BCUT2D eigenvalue weighted by molar-refractivity contribution is 7.51. The summed E-state index contributed by atoms with van der Waals surface area (Å²) in [7, 11) is -4.14. The van der Waals surface area contributed by atoms with Gasteiger partial charge in [0.25, 0.3) is 0 Å². The highest BCUT2D eigenvalue weighted by Gasteiger charge is 2.13. The Kier molecular flexibility index (Phi) is 5.21. The molecule has 0 saturated carbocycles. The molecule has 11 heteroatoms. The monoisotopic (exact) mass is 316 g/mol. The van der Waals surface area contributed by atoms with Crippen LogP contribution in [-0.4, -0.2) is 55.4 Å². The number of fused-ring (bicyclic) bond motifs is 1. The fourth-order valence-electron chi connectivity index (χ4n) is 1.71. The van der Waals surface area contributed by atoms with Crippen LogP contribution >= 0.6 is 7.60 Å². The van der Waals surface area contributed by atoms with Crippen molar-refractivity contribution in [2.45, 2.75) is 6.54 Å². The molecule has 0 amide bonds. The minimum Gasteiger partial charge on any atom is -0.367 e. The second-order valence-corrected chi connectivity index (χ2v) is 5.84. The standard InChI is InChI=1S/C10H17N6O4P/c11-1-2-12-9-8-10(14-5-13-9)16(6-15-8)3-4-20-7-21(17,18)19/h5-6H,1-4,7,11H2,(H,12,13,14)(H2,17,18,19). The average Bonchev–Trinajstić information content (AvgIpc) is 2.84. The Morgan fingerprint density at radius 1 is 1.38 bits per heavy atom. The minimum atomic E-state index is -4.14. The van der Waals surface area contributed by atoms with E-state index in [0.29, 0.717) is 36.6 Å². The van der Waals surface area contributed by atoms with Crippen molar-refractivity contribution in [1.82, 2.24) is 19.5 Å². The van der Waals surface area contributed by atoms with Gasteiger partial charge in [-0.05, 0) is 0 Å². The van der Waals surface area contributed by atoms with Crippen molar-refractivity contribution in [2.75, 3.05) is 31.4 Å². The molecule has 0 aliphatic rings. The quantitative estimate of drug-likeness (QED) is 0.368. The third kappa shape index (κ3) is 4.45. The molecule has 0 spiro atoms. The molecule has 21 heavy (non-hydrogen) atoms. The number of hydrogen-bond acceptors (Lipinski definition) is 7. The smallest absolute Gasteiger partial charge is 0.350 e. The second-order valence-electron chi connectivity index (χ2n) is 4.25. The molecule has 10 nitrogen and oxygen atoms in total. The molecule has 0 atom stereocenters. The van der Waals surface area contributed by atoms with Crippen molar-refractivity contribution >= 4 is 24.6 Å². The first-order chi connectivity index (χ1) is 10.0. The summed E-state index contributed by atoms with van der Waals surface area (Å²) in [5, 5.41) is 3.05. The first kappa shape index (κ1) is 15.8. The van der Waals surface area contributed by atoms with E-state index in [1.165, 1.54) is 6.33 Å². The third-order valence-corrected chi connectivity index (χ3v) is 3.09. The predicted molar refractivity (Wildman–Crippen MR) is 75.7 cm³/mol. The van der Waals surface area contributed by atoms with Crippen LogP contribution in [0.25, 0.3) is 11.2 Å². The Labute approximate surface area is 120 Å². The van der Waals surface area contributed by atoms with E-state index < -0.39 is 13.9 Å². The molecule has 0 saturated heterocycles. The number of aromatic nitrogens is 4. The Morgan fingerprint density at radius 3 is 2.90 bits per heavy atom. The number of nitrogens with two attached hydrogens (primary N) is 1. The van der Waals surface area contributed by atoms with Gasteiger partial charge in [-0.1, -0.05) is 0 Å². The lowest BCUT2D eigenvalue weighted by molar-refractivity contribution is 0.149. The van der Waals surface area contributed by atoms with Gasteiger partial charge in [0.2, 0.25) is 0 Å². The summed E-state index contributed by atoms with van der Waals surface area (Å²) < 4.78 is 17.3. The molecule has 2 heterocycles. The second kappa shape index (κ2) is 6.92. The van der Waals surface area contributed by atoms with Crippen molar-refractivity contribution in [3.63, 3.8) is 0 Å². The normalized spacial score (nSPS) is 12.0. The van der Waals surface area contributed by atoms with Gasteiger partial charge in [-0.25, -0.2) is 15.0 Å². The van der Waals surface area contributed by atoms with Crippen LogP contribution in [0, 0.1) is 0 Å². The first-order valence-electron chi connectivity index (χ1n) is 6.23. The topological polar surface area (TPSA) is 148 Å². The summed E-state index contributed by atoms with van der Waals surface area (Å²) in [5.74, 6) is 0.598. The number of anilines is 1. The lowest BCUT2D eigenvalue weighted by Gasteiger charge is -2.07. The number of ether oxygens (including phenoxy) is 1. The van der Waals surface area contributed by atoms with E-state index in [1.54, 1.807) is 10.9 Å². The molecule has 0 aromatic carbocycles. The van der Waals surface area contributed by atoms with Crippen LogP contribution in [0.2, 0.25) is 0 Å². The van der Waals surface area contributed by atoms with Gasteiger partial charge < -0.3 is 30.1 Å². The average molecular weight is 316 g/mol. The van der Waals surface area contributed by atoms with Gasteiger partial charge in [0, 0.05) is 19.6 Å². The molecule has 0 radical (unpaired) electrons. The number of rotatable bonds is 8. The summed E-state index contributed by atoms with van der Waals surface area (Å²) in [4.78, 5) is 29.9. The maximum Gasteiger partial charge on any atom is 0.350 e. The van der Waals surface area contributed by atoms with Crippen molar-refractivity contribution in [3.8, 4) is 0 Å². The minimum absolute atomic E-state index is 0.145. The Bertz CT molecular complexity index is 642. The van der Waals surface area contributed by atoms with Crippen LogP contribution in [0.15, 0.2) is 12.7 Å². The fourth-order valence-corrected chi connectivity index (χ4v) is 2.08. The van der Waals surface area contributed by atoms with Gasteiger partial charge in [-0.3, -0.25) is 4.57 Å². The summed E-state index contributed by atoms with van der Waals surface area (Å²) in [6.45, 7) is 1.57. The van der Waals surface area contributed by atoms with Gasteiger partial charge in [0.05, 0.1) is 12.9 Å². The number of imidazole rings is 1. The molecule has 0 unspecified atom stereocenters. The molecule has 116 valence electrons.